The molecule has 1 aromatic carbocycles. The summed E-state index contributed by atoms with van der Waals surface area (Å²) in [6, 6.07) is 17.0. The van der Waals surface area contributed by atoms with Crippen LogP contribution in [0.15, 0.2) is 59.1 Å². The van der Waals surface area contributed by atoms with Crippen LogP contribution in [0.5, 0.6) is 0 Å². The lowest BCUT2D eigenvalue weighted by atomic mass is 9.99. The number of carbonyl (C=O) groups is 1. The molecule has 0 radical (unpaired) electrons. The molecule has 2 saturated heterocycles. The van der Waals surface area contributed by atoms with Crippen LogP contribution < -0.4 is 0 Å². The standard InChI is InChI=1S/C27H31N3O4/c1-20-4-6-21(7-5-20)25-23-3-2-12-28(23)15-16-30(25)19-22-8-9-24(34-22)26(31)29-13-10-27(11-14-29)32-17-18-33-27/h2-9,12,25H,10-11,13-19H2,1H3. The second-order valence-corrected chi connectivity index (χ2v) is 9.58. The van der Waals surface area contributed by atoms with E-state index in [-0.39, 0.29) is 11.9 Å². The molecule has 6 rings (SSSR count). The number of fused-ring (bicyclic) bond motifs is 1. The molecule has 7 heteroatoms. The first-order valence-electron chi connectivity index (χ1n) is 12.2. The SMILES string of the molecule is Cc1ccc(C2c3cccn3CCN2Cc2ccc(C(=O)N3CCC4(CC3)OCCO4)o2)cc1. The Labute approximate surface area is 199 Å². The van der Waals surface area contributed by atoms with Crippen LogP contribution in [-0.4, -0.2) is 58.9 Å². The van der Waals surface area contributed by atoms with Crippen LogP contribution in [0.1, 0.15) is 52.0 Å². The molecule has 1 amide bonds. The molecular formula is C27H31N3O4. The maximum atomic E-state index is 13.1. The molecule has 178 valence electrons. The monoisotopic (exact) mass is 461 g/mol. The minimum atomic E-state index is -0.484. The fourth-order valence-electron chi connectivity index (χ4n) is 5.50. The lowest BCUT2D eigenvalue weighted by Crippen LogP contribution is -2.47. The van der Waals surface area contributed by atoms with E-state index in [1.54, 1.807) is 0 Å². The lowest BCUT2D eigenvalue weighted by Gasteiger charge is -2.37. The van der Waals surface area contributed by atoms with Crippen molar-refractivity contribution < 1.29 is 18.7 Å². The first kappa shape index (κ1) is 21.6. The summed E-state index contributed by atoms with van der Waals surface area (Å²) in [5.74, 6) is 0.687. The Morgan fingerprint density at radius 2 is 1.74 bits per heavy atom. The summed E-state index contributed by atoms with van der Waals surface area (Å²) < 4.78 is 20.0. The van der Waals surface area contributed by atoms with Crippen molar-refractivity contribution in [2.24, 2.45) is 0 Å². The van der Waals surface area contributed by atoms with E-state index < -0.39 is 5.79 Å². The van der Waals surface area contributed by atoms with Gasteiger partial charge in [-0.25, -0.2) is 0 Å². The summed E-state index contributed by atoms with van der Waals surface area (Å²) in [6.45, 7) is 7.14. The first-order chi connectivity index (χ1) is 16.6. The summed E-state index contributed by atoms with van der Waals surface area (Å²) in [6.07, 6.45) is 3.57. The average Bonchev–Trinajstić information content (AvgIpc) is 3.61. The highest BCUT2D eigenvalue weighted by Gasteiger charge is 2.41. The van der Waals surface area contributed by atoms with Gasteiger partial charge in [-0.05, 0) is 36.8 Å². The highest BCUT2D eigenvalue weighted by molar-refractivity contribution is 5.91. The molecule has 3 aliphatic heterocycles. The van der Waals surface area contributed by atoms with Crippen molar-refractivity contribution in [1.29, 1.82) is 0 Å². The van der Waals surface area contributed by atoms with Crippen molar-refractivity contribution in [3.63, 3.8) is 0 Å². The molecular weight excluding hydrogens is 430 g/mol. The molecule has 3 aromatic rings. The minimum Gasteiger partial charge on any atom is -0.455 e. The van der Waals surface area contributed by atoms with Gasteiger partial charge in [0, 0.05) is 50.9 Å². The predicted molar refractivity (Wildman–Crippen MR) is 126 cm³/mol. The Bertz CT molecular complexity index is 1150. The van der Waals surface area contributed by atoms with Crippen molar-refractivity contribution in [2.75, 3.05) is 32.8 Å². The predicted octanol–water partition coefficient (Wildman–Crippen LogP) is 3.97. The van der Waals surface area contributed by atoms with Gasteiger partial charge >= 0.3 is 0 Å². The zero-order chi connectivity index (χ0) is 23.1. The van der Waals surface area contributed by atoms with E-state index in [2.05, 4.69) is 59.0 Å². The van der Waals surface area contributed by atoms with Gasteiger partial charge in [0.25, 0.3) is 5.91 Å². The van der Waals surface area contributed by atoms with Gasteiger partial charge in [-0.1, -0.05) is 29.8 Å². The topological polar surface area (TPSA) is 60.1 Å². The number of carbonyl (C=O) groups excluding carboxylic acids is 1. The first-order valence-corrected chi connectivity index (χ1v) is 12.2. The largest absolute Gasteiger partial charge is 0.455 e. The van der Waals surface area contributed by atoms with Crippen LogP contribution in [-0.2, 0) is 22.6 Å². The number of aromatic nitrogens is 1. The number of rotatable bonds is 4. The van der Waals surface area contributed by atoms with Crippen molar-refractivity contribution in [3.8, 4) is 0 Å². The van der Waals surface area contributed by atoms with E-state index in [0.717, 1.165) is 18.8 Å². The Kier molecular flexibility index (Phi) is 5.56. The fourth-order valence-corrected chi connectivity index (χ4v) is 5.50. The zero-order valence-electron chi connectivity index (χ0n) is 19.6. The Balaban J connectivity index is 1.17. The number of hydrogen-bond acceptors (Lipinski definition) is 5. The normalized spacial score (nSPS) is 22.3. The van der Waals surface area contributed by atoms with Gasteiger partial charge in [-0.2, -0.15) is 0 Å². The maximum Gasteiger partial charge on any atom is 0.289 e. The zero-order valence-corrected chi connectivity index (χ0v) is 19.6. The average molecular weight is 462 g/mol. The third-order valence-corrected chi connectivity index (χ3v) is 7.39. The van der Waals surface area contributed by atoms with Crippen LogP contribution in [0.25, 0.3) is 0 Å². The molecule has 34 heavy (non-hydrogen) atoms. The van der Waals surface area contributed by atoms with E-state index in [1.807, 2.05) is 17.0 Å². The fraction of sp³-hybridized carbons (Fsp3) is 0.444. The van der Waals surface area contributed by atoms with Crippen LogP contribution in [0.2, 0.25) is 0 Å². The molecule has 2 aromatic heterocycles. The molecule has 2 fully saturated rings. The number of amides is 1. The third kappa shape index (κ3) is 3.98. The van der Waals surface area contributed by atoms with Crippen LogP contribution >= 0.6 is 0 Å². The van der Waals surface area contributed by atoms with E-state index in [4.69, 9.17) is 13.9 Å². The molecule has 3 aliphatic rings. The number of benzene rings is 1. The Hall–Kier alpha value is -2.87. The van der Waals surface area contributed by atoms with Crippen molar-refractivity contribution in [2.45, 2.75) is 44.7 Å². The van der Waals surface area contributed by atoms with Gasteiger partial charge in [0.2, 0.25) is 0 Å². The van der Waals surface area contributed by atoms with Gasteiger partial charge in [0.05, 0.1) is 25.8 Å². The van der Waals surface area contributed by atoms with Crippen LogP contribution in [0.4, 0.5) is 0 Å². The van der Waals surface area contributed by atoms with Crippen molar-refractivity contribution in [1.82, 2.24) is 14.4 Å². The lowest BCUT2D eigenvalue weighted by molar-refractivity contribution is -0.181. The molecule has 7 nitrogen and oxygen atoms in total. The van der Waals surface area contributed by atoms with Gasteiger partial charge in [0.15, 0.2) is 11.5 Å². The number of ether oxygens (including phenoxy) is 2. The van der Waals surface area contributed by atoms with E-state index >= 15 is 0 Å². The van der Waals surface area contributed by atoms with Crippen LogP contribution in [0, 0.1) is 6.92 Å². The molecule has 5 heterocycles. The van der Waals surface area contributed by atoms with Crippen molar-refractivity contribution in [3.05, 3.63) is 83.1 Å². The second kappa shape index (κ2) is 8.73. The number of aryl methyl sites for hydroxylation is 1. The summed E-state index contributed by atoms with van der Waals surface area (Å²) in [4.78, 5) is 17.4. The molecule has 0 N–H and O–H groups in total. The van der Waals surface area contributed by atoms with Crippen molar-refractivity contribution >= 4 is 5.91 Å². The van der Waals surface area contributed by atoms with Crippen LogP contribution in [0.3, 0.4) is 0 Å². The molecule has 1 spiro atoms. The molecule has 0 aliphatic carbocycles. The minimum absolute atomic E-state index is 0.0540. The molecule has 1 unspecified atom stereocenters. The summed E-state index contributed by atoms with van der Waals surface area (Å²) in [7, 11) is 0. The summed E-state index contributed by atoms with van der Waals surface area (Å²) in [5, 5.41) is 0. The highest BCUT2D eigenvalue weighted by atomic mass is 16.7. The molecule has 0 bridgehead atoms. The number of hydrogen-bond donors (Lipinski definition) is 0. The van der Waals surface area contributed by atoms with Gasteiger partial charge < -0.3 is 23.4 Å². The summed E-state index contributed by atoms with van der Waals surface area (Å²) >= 11 is 0. The Morgan fingerprint density at radius 1 is 0.971 bits per heavy atom. The van der Waals surface area contributed by atoms with E-state index in [9.17, 15) is 4.79 Å². The van der Waals surface area contributed by atoms with Gasteiger partial charge in [-0.3, -0.25) is 9.69 Å². The van der Waals surface area contributed by atoms with Gasteiger partial charge in [0.1, 0.15) is 5.76 Å². The molecule has 0 saturated carbocycles. The summed E-state index contributed by atoms with van der Waals surface area (Å²) in [5.41, 5.74) is 3.81. The maximum absolute atomic E-state index is 13.1. The number of likely N-dealkylation sites (tertiary alicyclic amines) is 1. The number of furan rings is 1. The smallest absolute Gasteiger partial charge is 0.289 e. The molecule has 1 atom stereocenters. The van der Waals surface area contributed by atoms with E-state index in [1.165, 1.54) is 16.8 Å². The number of nitrogens with zero attached hydrogens (tertiary/aromatic N) is 3. The Morgan fingerprint density at radius 3 is 2.50 bits per heavy atom. The van der Waals surface area contributed by atoms with Gasteiger partial charge in [-0.15, -0.1) is 0 Å². The quantitative estimate of drug-likeness (QED) is 0.588. The highest BCUT2D eigenvalue weighted by Crippen LogP contribution is 2.35. The van der Waals surface area contributed by atoms with E-state index in [0.29, 0.717) is 51.4 Å². The third-order valence-electron chi connectivity index (χ3n) is 7.39. The second-order valence-electron chi connectivity index (χ2n) is 9.58. The number of piperidine rings is 1.